The van der Waals surface area contributed by atoms with E-state index < -0.39 is 24.2 Å². The molecule has 0 unspecified atom stereocenters. The van der Waals surface area contributed by atoms with Crippen LogP contribution in [0.25, 0.3) is 0 Å². The van der Waals surface area contributed by atoms with Crippen LogP contribution < -0.4 is 20.3 Å². The van der Waals surface area contributed by atoms with Crippen molar-refractivity contribution in [3.8, 4) is 11.5 Å². The zero-order valence-electron chi connectivity index (χ0n) is 12.2. The highest BCUT2D eigenvalue weighted by molar-refractivity contribution is 9.10. The Kier molecular flexibility index (Phi) is 5.74. The zero-order valence-corrected chi connectivity index (χ0v) is 13.8. The molecule has 128 valence electrons. The Morgan fingerprint density at radius 1 is 1.25 bits per heavy atom. The van der Waals surface area contributed by atoms with Crippen LogP contribution in [0.5, 0.6) is 11.5 Å². The number of hydrogen-bond acceptors (Lipinski definition) is 4. The minimum atomic E-state index is -3.14. The first-order valence-electron chi connectivity index (χ1n) is 6.48. The third-order valence-electron chi connectivity index (χ3n) is 2.83. The summed E-state index contributed by atoms with van der Waals surface area (Å²) in [4.78, 5) is 26.6. The second-order valence-corrected chi connectivity index (χ2v) is 5.27. The van der Waals surface area contributed by atoms with Crippen molar-refractivity contribution in [2.75, 3.05) is 7.11 Å². The molecule has 1 heterocycles. The average Bonchev–Trinajstić information content (AvgIpc) is 2.98. The Labute approximate surface area is 143 Å². The molecule has 2 aromatic rings. The number of methoxy groups -OCH3 is 1. The lowest BCUT2D eigenvalue weighted by Gasteiger charge is -2.14. The molecular weight excluding hydrogens is 392 g/mol. The first-order chi connectivity index (χ1) is 11.4. The standard InChI is InChI=1S/C14H12BrF2N3O4/c1-23-10-4-2-3-8(11(10)24-14(16)17)12(21)19-20-13(22)9-5-7(15)6-18-9/h2-6,14,18H,1H3,(H,19,21)(H,20,22). The first-order valence-corrected chi connectivity index (χ1v) is 7.28. The molecule has 0 aliphatic rings. The molecule has 7 nitrogen and oxygen atoms in total. The van der Waals surface area contributed by atoms with Crippen LogP contribution in [-0.4, -0.2) is 30.5 Å². The monoisotopic (exact) mass is 403 g/mol. The van der Waals surface area contributed by atoms with Gasteiger partial charge in [0.15, 0.2) is 11.5 Å². The number of ether oxygens (including phenoxy) is 2. The fraction of sp³-hybridized carbons (Fsp3) is 0.143. The van der Waals surface area contributed by atoms with Gasteiger partial charge in [0.1, 0.15) is 5.69 Å². The van der Waals surface area contributed by atoms with Crippen molar-refractivity contribution in [3.05, 3.63) is 46.2 Å². The van der Waals surface area contributed by atoms with Gasteiger partial charge in [0, 0.05) is 10.7 Å². The van der Waals surface area contributed by atoms with Gasteiger partial charge >= 0.3 is 6.61 Å². The normalized spacial score (nSPS) is 10.4. The molecule has 0 spiro atoms. The average molecular weight is 404 g/mol. The third kappa shape index (κ3) is 4.22. The zero-order chi connectivity index (χ0) is 17.7. The summed E-state index contributed by atoms with van der Waals surface area (Å²) < 4.78 is 35.0. The van der Waals surface area contributed by atoms with Gasteiger partial charge in [0.25, 0.3) is 11.8 Å². The number of aromatic amines is 1. The van der Waals surface area contributed by atoms with E-state index in [0.717, 1.165) is 0 Å². The maximum Gasteiger partial charge on any atom is 0.387 e. The molecule has 3 N–H and O–H groups in total. The van der Waals surface area contributed by atoms with E-state index >= 15 is 0 Å². The Hall–Kier alpha value is -2.62. The highest BCUT2D eigenvalue weighted by atomic mass is 79.9. The number of para-hydroxylation sites is 1. The van der Waals surface area contributed by atoms with Crippen molar-refractivity contribution in [1.82, 2.24) is 15.8 Å². The molecule has 1 aromatic carbocycles. The Bertz CT molecular complexity index is 751. The summed E-state index contributed by atoms with van der Waals surface area (Å²) in [6.07, 6.45) is 1.54. The fourth-order valence-electron chi connectivity index (χ4n) is 1.81. The van der Waals surface area contributed by atoms with Gasteiger partial charge in [0.05, 0.1) is 12.7 Å². The van der Waals surface area contributed by atoms with E-state index in [4.69, 9.17) is 4.74 Å². The molecule has 0 aliphatic carbocycles. The smallest absolute Gasteiger partial charge is 0.387 e. The number of carbonyl (C=O) groups excluding carboxylic acids is 2. The second kappa shape index (κ2) is 7.77. The number of H-pyrrole nitrogens is 1. The molecule has 0 radical (unpaired) electrons. The van der Waals surface area contributed by atoms with Crippen LogP contribution in [-0.2, 0) is 0 Å². The van der Waals surface area contributed by atoms with Crippen LogP contribution in [0.3, 0.4) is 0 Å². The van der Waals surface area contributed by atoms with Gasteiger partial charge in [0.2, 0.25) is 0 Å². The molecule has 10 heteroatoms. The highest BCUT2D eigenvalue weighted by Gasteiger charge is 2.21. The molecule has 0 saturated carbocycles. The number of rotatable bonds is 5. The van der Waals surface area contributed by atoms with Gasteiger partial charge in [-0.1, -0.05) is 6.07 Å². The van der Waals surface area contributed by atoms with Gasteiger partial charge in [-0.05, 0) is 34.1 Å². The van der Waals surface area contributed by atoms with E-state index in [-0.39, 0.29) is 17.0 Å². The molecule has 0 aliphatic heterocycles. The SMILES string of the molecule is COc1cccc(C(=O)NNC(=O)c2cc(Br)c[nH]2)c1OC(F)F. The topological polar surface area (TPSA) is 92.5 Å². The van der Waals surface area contributed by atoms with Crippen molar-refractivity contribution in [2.24, 2.45) is 0 Å². The fourth-order valence-corrected chi connectivity index (χ4v) is 2.16. The van der Waals surface area contributed by atoms with E-state index in [9.17, 15) is 18.4 Å². The summed E-state index contributed by atoms with van der Waals surface area (Å²) >= 11 is 3.17. The van der Waals surface area contributed by atoms with Gasteiger partial charge in [-0.3, -0.25) is 20.4 Å². The Morgan fingerprint density at radius 2 is 1.96 bits per heavy atom. The summed E-state index contributed by atoms with van der Waals surface area (Å²) in [6.45, 7) is -3.14. The molecular formula is C14H12BrF2N3O4. The van der Waals surface area contributed by atoms with Gasteiger partial charge in [-0.2, -0.15) is 8.78 Å². The lowest BCUT2D eigenvalue weighted by atomic mass is 10.1. The van der Waals surface area contributed by atoms with E-state index in [0.29, 0.717) is 4.47 Å². The minimum Gasteiger partial charge on any atom is -0.493 e. The van der Waals surface area contributed by atoms with Crippen LogP contribution >= 0.6 is 15.9 Å². The van der Waals surface area contributed by atoms with Crippen molar-refractivity contribution in [1.29, 1.82) is 0 Å². The molecule has 0 fully saturated rings. The number of hydrazine groups is 1. The third-order valence-corrected chi connectivity index (χ3v) is 3.29. The van der Waals surface area contributed by atoms with E-state index in [2.05, 4.69) is 36.5 Å². The lowest BCUT2D eigenvalue weighted by molar-refractivity contribution is -0.0515. The van der Waals surface area contributed by atoms with Gasteiger partial charge in [-0.25, -0.2) is 0 Å². The predicted octanol–water partition coefficient (Wildman–Crippen LogP) is 2.46. The number of hydrogen-bond donors (Lipinski definition) is 3. The maximum absolute atomic E-state index is 12.5. The number of benzene rings is 1. The van der Waals surface area contributed by atoms with Crippen LogP contribution in [0, 0.1) is 0 Å². The molecule has 2 rings (SSSR count). The van der Waals surface area contributed by atoms with Gasteiger partial charge in [-0.15, -0.1) is 0 Å². The summed E-state index contributed by atoms with van der Waals surface area (Å²) in [5, 5.41) is 0. The van der Waals surface area contributed by atoms with Gasteiger partial charge < -0.3 is 14.5 Å². The predicted molar refractivity (Wildman–Crippen MR) is 83.1 cm³/mol. The van der Waals surface area contributed by atoms with Crippen molar-refractivity contribution in [2.45, 2.75) is 6.61 Å². The van der Waals surface area contributed by atoms with Crippen molar-refractivity contribution in [3.63, 3.8) is 0 Å². The Morgan fingerprint density at radius 3 is 2.54 bits per heavy atom. The lowest BCUT2D eigenvalue weighted by Crippen LogP contribution is -2.42. The number of halogens is 3. The Balaban J connectivity index is 2.13. The molecule has 2 amide bonds. The van der Waals surface area contributed by atoms with E-state index in [1.807, 2.05) is 0 Å². The van der Waals surface area contributed by atoms with Crippen LogP contribution in [0.4, 0.5) is 8.78 Å². The van der Waals surface area contributed by atoms with Crippen molar-refractivity contribution < 1.29 is 27.8 Å². The number of carbonyl (C=O) groups is 2. The maximum atomic E-state index is 12.5. The second-order valence-electron chi connectivity index (χ2n) is 4.36. The quantitative estimate of drug-likeness (QED) is 0.668. The number of nitrogens with one attached hydrogen (secondary N) is 3. The summed E-state index contributed by atoms with van der Waals surface area (Å²) in [7, 11) is 1.25. The van der Waals surface area contributed by atoms with Crippen molar-refractivity contribution >= 4 is 27.7 Å². The highest BCUT2D eigenvalue weighted by Crippen LogP contribution is 2.32. The first kappa shape index (κ1) is 17.7. The minimum absolute atomic E-state index is 0.0393. The molecule has 0 saturated heterocycles. The van der Waals surface area contributed by atoms with Crippen LogP contribution in [0.15, 0.2) is 34.9 Å². The molecule has 0 bridgehead atoms. The molecule has 1 aromatic heterocycles. The van der Waals surface area contributed by atoms with Crippen LogP contribution in [0.2, 0.25) is 0 Å². The molecule has 24 heavy (non-hydrogen) atoms. The molecule has 0 atom stereocenters. The number of amides is 2. The largest absolute Gasteiger partial charge is 0.493 e. The summed E-state index contributed by atoms with van der Waals surface area (Å²) in [5.74, 6) is -1.93. The number of aromatic nitrogens is 1. The van der Waals surface area contributed by atoms with E-state index in [1.54, 1.807) is 0 Å². The summed E-state index contributed by atoms with van der Waals surface area (Å²) in [5.41, 5.74) is 4.24. The summed E-state index contributed by atoms with van der Waals surface area (Å²) in [6, 6.07) is 5.55. The van der Waals surface area contributed by atoms with E-state index in [1.165, 1.54) is 37.6 Å². The number of alkyl halides is 2. The van der Waals surface area contributed by atoms with Crippen LogP contribution in [0.1, 0.15) is 20.8 Å².